The minimum atomic E-state index is -0.938. The van der Waals surface area contributed by atoms with Crippen LogP contribution in [0, 0.1) is 5.82 Å². The second-order valence-corrected chi connectivity index (χ2v) is 6.75. The van der Waals surface area contributed by atoms with Gasteiger partial charge in [0.15, 0.2) is 0 Å². The average molecular weight is 403 g/mol. The van der Waals surface area contributed by atoms with Crippen molar-refractivity contribution in [1.29, 1.82) is 0 Å². The first-order valence-corrected chi connectivity index (χ1v) is 9.28. The number of rotatable bonds is 4. The SMILES string of the molecule is COc1ccccc1C1/C(=C(\O)c2ccccc2)C(=O)C(=O)N1c1ccc(F)cc1. The van der Waals surface area contributed by atoms with Gasteiger partial charge in [-0.1, -0.05) is 48.5 Å². The Balaban J connectivity index is 1.98. The minimum absolute atomic E-state index is 0.0555. The molecule has 0 aliphatic carbocycles. The van der Waals surface area contributed by atoms with Gasteiger partial charge in [-0.2, -0.15) is 0 Å². The van der Waals surface area contributed by atoms with Crippen molar-refractivity contribution in [3.63, 3.8) is 0 Å². The number of hydrogen-bond acceptors (Lipinski definition) is 4. The number of amides is 1. The van der Waals surface area contributed by atoms with Crippen LogP contribution in [0.25, 0.3) is 5.76 Å². The van der Waals surface area contributed by atoms with Crippen LogP contribution in [-0.4, -0.2) is 23.9 Å². The zero-order chi connectivity index (χ0) is 21.3. The second-order valence-electron chi connectivity index (χ2n) is 6.75. The number of hydrogen-bond donors (Lipinski definition) is 1. The van der Waals surface area contributed by atoms with Gasteiger partial charge >= 0.3 is 0 Å². The number of methoxy groups -OCH3 is 1. The lowest BCUT2D eigenvalue weighted by Crippen LogP contribution is -2.29. The summed E-state index contributed by atoms with van der Waals surface area (Å²) in [6.07, 6.45) is 0. The maximum atomic E-state index is 13.5. The average Bonchev–Trinajstić information content (AvgIpc) is 3.05. The fraction of sp³-hybridized carbons (Fsp3) is 0.0833. The van der Waals surface area contributed by atoms with Crippen LogP contribution in [0.3, 0.4) is 0 Å². The number of ketones is 1. The zero-order valence-electron chi connectivity index (χ0n) is 16.1. The van der Waals surface area contributed by atoms with Gasteiger partial charge in [-0.15, -0.1) is 0 Å². The molecule has 1 aliphatic rings. The van der Waals surface area contributed by atoms with Crippen LogP contribution in [0.2, 0.25) is 0 Å². The van der Waals surface area contributed by atoms with E-state index in [1.165, 1.54) is 36.3 Å². The number of Topliss-reactive ketones (excluding diaryl/α,β-unsaturated/α-hetero) is 1. The number of para-hydroxylation sites is 1. The molecule has 30 heavy (non-hydrogen) atoms. The molecule has 0 radical (unpaired) electrons. The van der Waals surface area contributed by atoms with E-state index in [-0.39, 0.29) is 11.3 Å². The third-order valence-corrected chi connectivity index (χ3v) is 5.03. The number of aliphatic hydroxyl groups excluding tert-OH is 1. The summed E-state index contributed by atoms with van der Waals surface area (Å²) in [7, 11) is 1.49. The number of halogens is 1. The van der Waals surface area contributed by atoms with Crippen LogP contribution in [0.15, 0.2) is 84.4 Å². The van der Waals surface area contributed by atoms with Crippen LogP contribution in [0.4, 0.5) is 10.1 Å². The third-order valence-electron chi connectivity index (χ3n) is 5.03. The molecule has 3 aromatic carbocycles. The van der Waals surface area contributed by atoms with E-state index in [2.05, 4.69) is 0 Å². The summed E-state index contributed by atoms with van der Waals surface area (Å²) in [5.74, 6) is -1.93. The monoisotopic (exact) mass is 403 g/mol. The molecular weight excluding hydrogens is 385 g/mol. The zero-order valence-corrected chi connectivity index (χ0v) is 16.1. The second kappa shape index (κ2) is 7.83. The third kappa shape index (κ3) is 3.22. The highest BCUT2D eigenvalue weighted by molar-refractivity contribution is 6.51. The van der Waals surface area contributed by atoms with Crippen molar-refractivity contribution in [2.45, 2.75) is 6.04 Å². The molecular formula is C24H18FNO4. The first-order chi connectivity index (χ1) is 14.5. The van der Waals surface area contributed by atoms with Gasteiger partial charge in [0.1, 0.15) is 17.3 Å². The van der Waals surface area contributed by atoms with Gasteiger partial charge in [0.05, 0.1) is 18.7 Å². The summed E-state index contributed by atoms with van der Waals surface area (Å²) in [6, 6.07) is 19.8. The first-order valence-electron chi connectivity index (χ1n) is 9.28. The normalized spacial score (nSPS) is 17.9. The fourth-order valence-corrected chi connectivity index (χ4v) is 3.64. The molecule has 6 heteroatoms. The van der Waals surface area contributed by atoms with Gasteiger partial charge in [0.2, 0.25) is 0 Å². The van der Waals surface area contributed by atoms with Gasteiger partial charge in [0, 0.05) is 16.8 Å². The summed E-state index contributed by atoms with van der Waals surface area (Å²) in [6.45, 7) is 0. The molecule has 0 saturated carbocycles. The molecule has 1 atom stereocenters. The highest BCUT2D eigenvalue weighted by atomic mass is 19.1. The molecule has 1 aliphatic heterocycles. The Hall–Kier alpha value is -3.93. The van der Waals surface area contributed by atoms with E-state index in [9.17, 15) is 19.1 Å². The Morgan fingerprint density at radius 2 is 1.57 bits per heavy atom. The summed E-state index contributed by atoms with van der Waals surface area (Å²) >= 11 is 0. The van der Waals surface area contributed by atoms with Crippen LogP contribution in [0.1, 0.15) is 17.2 Å². The van der Waals surface area contributed by atoms with Gasteiger partial charge in [0.25, 0.3) is 11.7 Å². The Kier molecular flexibility index (Phi) is 5.06. The molecule has 150 valence electrons. The molecule has 0 bridgehead atoms. The topological polar surface area (TPSA) is 66.8 Å². The van der Waals surface area contributed by atoms with Crippen LogP contribution < -0.4 is 9.64 Å². The summed E-state index contributed by atoms with van der Waals surface area (Å²) < 4.78 is 18.9. The van der Waals surface area contributed by atoms with Crippen molar-refractivity contribution in [2.24, 2.45) is 0 Å². The molecule has 5 nitrogen and oxygen atoms in total. The number of ether oxygens (including phenoxy) is 1. The molecule has 1 heterocycles. The molecule has 0 aromatic heterocycles. The molecule has 1 N–H and O–H groups in total. The maximum Gasteiger partial charge on any atom is 0.300 e. The summed E-state index contributed by atoms with van der Waals surface area (Å²) in [5.41, 5.74) is 1.22. The van der Waals surface area contributed by atoms with E-state index in [4.69, 9.17) is 4.74 Å². The number of carbonyl (C=O) groups is 2. The van der Waals surface area contributed by atoms with Gasteiger partial charge < -0.3 is 9.84 Å². The molecule has 3 aromatic rings. The smallest absolute Gasteiger partial charge is 0.300 e. The standard InChI is InChI=1S/C24H18FNO4/c1-30-19-10-6-5-9-18(19)21-20(22(27)15-7-3-2-4-8-15)23(28)24(29)26(21)17-13-11-16(25)12-14-17/h2-14,21,27H,1H3/b22-20+. The van der Waals surface area contributed by atoms with E-state index in [0.717, 1.165) is 0 Å². The highest BCUT2D eigenvalue weighted by Gasteiger charge is 2.47. The molecule has 4 rings (SSSR count). The van der Waals surface area contributed by atoms with Gasteiger partial charge in [-0.3, -0.25) is 14.5 Å². The highest BCUT2D eigenvalue weighted by Crippen LogP contribution is 2.44. The Morgan fingerprint density at radius 3 is 2.23 bits per heavy atom. The van der Waals surface area contributed by atoms with Crippen LogP contribution >= 0.6 is 0 Å². The first kappa shape index (κ1) is 19.4. The number of anilines is 1. The van der Waals surface area contributed by atoms with Crippen molar-refractivity contribution in [3.05, 3.63) is 101 Å². The Labute approximate surface area is 172 Å². The number of nitrogens with zero attached hydrogens (tertiary/aromatic N) is 1. The molecule has 0 spiro atoms. The van der Waals surface area contributed by atoms with Crippen molar-refractivity contribution in [1.82, 2.24) is 0 Å². The number of benzene rings is 3. The van der Waals surface area contributed by atoms with E-state index in [1.807, 2.05) is 0 Å². The number of aliphatic hydroxyl groups is 1. The lowest BCUT2D eigenvalue weighted by molar-refractivity contribution is -0.132. The lowest BCUT2D eigenvalue weighted by Gasteiger charge is -2.26. The largest absolute Gasteiger partial charge is 0.507 e. The van der Waals surface area contributed by atoms with Crippen molar-refractivity contribution < 1.29 is 23.8 Å². The number of carbonyl (C=O) groups excluding carboxylic acids is 2. The molecule has 1 unspecified atom stereocenters. The van der Waals surface area contributed by atoms with Gasteiger partial charge in [-0.25, -0.2) is 4.39 Å². The van der Waals surface area contributed by atoms with Crippen LogP contribution in [-0.2, 0) is 9.59 Å². The Bertz CT molecular complexity index is 1140. The molecule has 1 saturated heterocycles. The predicted octanol–water partition coefficient (Wildman–Crippen LogP) is 4.46. The van der Waals surface area contributed by atoms with E-state index < -0.39 is 23.5 Å². The van der Waals surface area contributed by atoms with E-state index in [0.29, 0.717) is 22.6 Å². The van der Waals surface area contributed by atoms with E-state index >= 15 is 0 Å². The predicted molar refractivity (Wildman–Crippen MR) is 111 cm³/mol. The Morgan fingerprint density at radius 1 is 0.933 bits per heavy atom. The van der Waals surface area contributed by atoms with Crippen molar-refractivity contribution >= 4 is 23.1 Å². The fourth-order valence-electron chi connectivity index (χ4n) is 3.64. The van der Waals surface area contributed by atoms with Crippen LogP contribution in [0.5, 0.6) is 5.75 Å². The molecule has 1 amide bonds. The lowest BCUT2D eigenvalue weighted by atomic mass is 9.94. The summed E-state index contributed by atoms with van der Waals surface area (Å²) in [4.78, 5) is 27.3. The van der Waals surface area contributed by atoms with Crippen molar-refractivity contribution in [3.8, 4) is 5.75 Å². The van der Waals surface area contributed by atoms with E-state index in [1.54, 1.807) is 54.6 Å². The molecule has 1 fully saturated rings. The quantitative estimate of drug-likeness (QED) is 0.397. The maximum absolute atomic E-state index is 13.5. The summed E-state index contributed by atoms with van der Waals surface area (Å²) in [5, 5.41) is 11.0. The van der Waals surface area contributed by atoms with Crippen molar-refractivity contribution in [2.75, 3.05) is 12.0 Å². The minimum Gasteiger partial charge on any atom is -0.507 e. The van der Waals surface area contributed by atoms with Gasteiger partial charge in [-0.05, 0) is 30.3 Å².